The molecule has 0 aliphatic rings. The molecule has 2 N–H and O–H groups in total. The SMILES string of the molecule is O=C(Cc1ccc(Cl)cc1)Nc1cccc(SC(C(=O)Nc2ccc(F)c(Cl)c2)c2ccccc2)c1. The van der Waals surface area contributed by atoms with E-state index < -0.39 is 11.1 Å². The van der Waals surface area contributed by atoms with Crippen molar-refractivity contribution in [2.75, 3.05) is 10.6 Å². The molecular formula is C28H21Cl2FN2O2S. The Hall–Kier alpha value is -3.32. The first-order valence-electron chi connectivity index (χ1n) is 11.0. The van der Waals surface area contributed by atoms with Crippen LogP contribution < -0.4 is 10.6 Å². The van der Waals surface area contributed by atoms with E-state index in [2.05, 4.69) is 10.6 Å². The topological polar surface area (TPSA) is 58.2 Å². The molecule has 4 aromatic carbocycles. The Bertz CT molecular complexity index is 1370. The van der Waals surface area contributed by atoms with Gasteiger partial charge in [-0.15, -0.1) is 11.8 Å². The van der Waals surface area contributed by atoms with Gasteiger partial charge in [0.25, 0.3) is 0 Å². The fourth-order valence-electron chi connectivity index (χ4n) is 3.46. The summed E-state index contributed by atoms with van der Waals surface area (Å²) in [6.07, 6.45) is 0.212. The average Bonchev–Trinajstić information content (AvgIpc) is 2.87. The Morgan fingerprint density at radius 2 is 1.53 bits per heavy atom. The quantitative estimate of drug-likeness (QED) is 0.225. The van der Waals surface area contributed by atoms with Crippen LogP contribution in [0.25, 0.3) is 0 Å². The van der Waals surface area contributed by atoms with E-state index in [1.54, 1.807) is 18.2 Å². The van der Waals surface area contributed by atoms with Gasteiger partial charge in [-0.05, 0) is 59.7 Å². The largest absolute Gasteiger partial charge is 0.326 e. The van der Waals surface area contributed by atoms with E-state index in [1.165, 1.54) is 30.0 Å². The van der Waals surface area contributed by atoms with Crippen LogP contribution in [-0.4, -0.2) is 11.8 Å². The van der Waals surface area contributed by atoms with Gasteiger partial charge in [-0.25, -0.2) is 4.39 Å². The van der Waals surface area contributed by atoms with Crippen molar-refractivity contribution in [2.24, 2.45) is 0 Å². The summed E-state index contributed by atoms with van der Waals surface area (Å²) in [6.45, 7) is 0. The number of hydrogen-bond donors (Lipinski definition) is 2. The van der Waals surface area contributed by atoms with E-state index in [0.717, 1.165) is 16.0 Å². The Morgan fingerprint density at radius 3 is 2.25 bits per heavy atom. The highest BCUT2D eigenvalue weighted by molar-refractivity contribution is 8.00. The van der Waals surface area contributed by atoms with Gasteiger partial charge in [0, 0.05) is 21.3 Å². The zero-order chi connectivity index (χ0) is 25.5. The fourth-order valence-corrected chi connectivity index (χ4v) is 4.85. The number of amides is 2. The maximum Gasteiger partial charge on any atom is 0.242 e. The van der Waals surface area contributed by atoms with Crippen LogP contribution in [0.1, 0.15) is 16.4 Å². The summed E-state index contributed by atoms with van der Waals surface area (Å²) in [7, 11) is 0. The molecule has 0 fully saturated rings. The number of halogens is 3. The molecule has 4 aromatic rings. The highest BCUT2D eigenvalue weighted by Crippen LogP contribution is 2.37. The molecule has 1 atom stereocenters. The van der Waals surface area contributed by atoms with Crippen LogP contribution in [0.3, 0.4) is 0 Å². The smallest absolute Gasteiger partial charge is 0.242 e. The second-order valence-corrected chi connectivity index (χ2v) is 9.93. The molecular weight excluding hydrogens is 518 g/mol. The van der Waals surface area contributed by atoms with Gasteiger partial charge in [0.15, 0.2) is 0 Å². The molecule has 36 heavy (non-hydrogen) atoms. The van der Waals surface area contributed by atoms with Crippen molar-refractivity contribution in [3.8, 4) is 0 Å². The third-order valence-electron chi connectivity index (χ3n) is 5.18. The molecule has 0 aromatic heterocycles. The van der Waals surface area contributed by atoms with Gasteiger partial charge in [-0.1, -0.05) is 71.7 Å². The normalized spacial score (nSPS) is 11.5. The minimum atomic E-state index is -0.602. The third kappa shape index (κ3) is 7.10. The van der Waals surface area contributed by atoms with E-state index in [1.807, 2.05) is 60.7 Å². The van der Waals surface area contributed by atoms with E-state index in [0.29, 0.717) is 16.4 Å². The molecule has 0 spiro atoms. The van der Waals surface area contributed by atoms with Crippen LogP contribution in [0.5, 0.6) is 0 Å². The van der Waals surface area contributed by atoms with Crippen molar-refractivity contribution < 1.29 is 14.0 Å². The lowest BCUT2D eigenvalue weighted by Gasteiger charge is -2.18. The first-order valence-corrected chi connectivity index (χ1v) is 12.6. The zero-order valence-corrected chi connectivity index (χ0v) is 21.2. The van der Waals surface area contributed by atoms with Crippen LogP contribution in [0.2, 0.25) is 10.0 Å². The molecule has 0 heterocycles. The molecule has 0 aliphatic heterocycles. The number of carbonyl (C=O) groups is 2. The highest BCUT2D eigenvalue weighted by Gasteiger charge is 2.23. The maximum atomic E-state index is 13.5. The lowest BCUT2D eigenvalue weighted by molar-refractivity contribution is -0.116. The Balaban J connectivity index is 1.49. The van der Waals surface area contributed by atoms with Crippen molar-refractivity contribution in [3.05, 3.63) is 124 Å². The van der Waals surface area contributed by atoms with E-state index in [-0.39, 0.29) is 23.3 Å². The number of thioether (sulfide) groups is 1. The van der Waals surface area contributed by atoms with Crippen molar-refractivity contribution in [1.29, 1.82) is 0 Å². The number of rotatable bonds is 8. The minimum absolute atomic E-state index is 0.0706. The van der Waals surface area contributed by atoms with Gasteiger partial charge < -0.3 is 10.6 Å². The number of carbonyl (C=O) groups excluding carboxylic acids is 2. The van der Waals surface area contributed by atoms with Gasteiger partial charge in [-0.2, -0.15) is 0 Å². The molecule has 8 heteroatoms. The maximum absolute atomic E-state index is 13.5. The van der Waals surface area contributed by atoms with Crippen LogP contribution >= 0.6 is 35.0 Å². The predicted octanol–water partition coefficient (Wildman–Crippen LogP) is 7.79. The van der Waals surface area contributed by atoms with Crippen LogP contribution in [0.15, 0.2) is 102 Å². The second kappa shape index (κ2) is 12.1. The Labute approximate surface area is 222 Å². The van der Waals surface area contributed by atoms with Crippen LogP contribution in [-0.2, 0) is 16.0 Å². The third-order valence-corrected chi connectivity index (χ3v) is 6.97. The highest BCUT2D eigenvalue weighted by atomic mass is 35.5. The Morgan fingerprint density at radius 1 is 0.806 bits per heavy atom. The van der Waals surface area contributed by atoms with Crippen molar-refractivity contribution in [3.63, 3.8) is 0 Å². The second-order valence-electron chi connectivity index (χ2n) is 7.91. The summed E-state index contributed by atoms with van der Waals surface area (Å²) in [5, 5.41) is 5.66. The molecule has 2 amide bonds. The van der Waals surface area contributed by atoms with E-state index in [4.69, 9.17) is 23.2 Å². The van der Waals surface area contributed by atoms with Crippen LogP contribution in [0.4, 0.5) is 15.8 Å². The summed E-state index contributed by atoms with van der Waals surface area (Å²) in [5.41, 5.74) is 2.67. The zero-order valence-electron chi connectivity index (χ0n) is 18.9. The Kier molecular flexibility index (Phi) is 8.65. The van der Waals surface area contributed by atoms with Gasteiger partial charge in [0.05, 0.1) is 11.4 Å². The van der Waals surface area contributed by atoms with Gasteiger partial charge in [0.1, 0.15) is 11.1 Å². The number of benzene rings is 4. The van der Waals surface area contributed by atoms with Gasteiger partial charge in [-0.3, -0.25) is 9.59 Å². The summed E-state index contributed by atoms with van der Waals surface area (Å²) in [5.74, 6) is -1.00. The molecule has 0 saturated heterocycles. The lowest BCUT2D eigenvalue weighted by atomic mass is 10.1. The standard InChI is InChI=1S/C28H21Cl2FN2O2S/c29-20-11-9-18(10-12-20)15-26(34)32-21-7-4-8-23(16-21)36-27(19-5-2-1-3-6-19)28(35)33-22-13-14-25(31)24(30)17-22/h1-14,16-17,27H,15H2,(H,32,34)(H,33,35). The summed E-state index contributed by atoms with van der Waals surface area (Å²) >= 11 is 13.1. The molecule has 0 radical (unpaired) electrons. The molecule has 1 unspecified atom stereocenters. The monoisotopic (exact) mass is 538 g/mol. The van der Waals surface area contributed by atoms with Gasteiger partial charge in [0.2, 0.25) is 11.8 Å². The summed E-state index contributed by atoms with van der Waals surface area (Å²) in [4.78, 5) is 26.6. The molecule has 0 aliphatic carbocycles. The predicted molar refractivity (Wildman–Crippen MR) is 145 cm³/mol. The van der Waals surface area contributed by atoms with E-state index >= 15 is 0 Å². The van der Waals surface area contributed by atoms with Crippen LogP contribution in [0, 0.1) is 5.82 Å². The van der Waals surface area contributed by atoms with Crippen molar-refractivity contribution in [2.45, 2.75) is 16.6 Å². The number of nitrogens with one attached hydrogen (secondary N) is 2. The van der Waals surface area contributed by atoms with E-state index in [9.17, 15) is 14.0 Å². The molecule has 0 saturated carbocycles. The van der Waals surface area contributed by atoms with Crippen molar-refractivity contribution in [1.82, 2.24) is 0 Å². The van der Waals surface area contributed by atoms with Gasteiger partial charge >= 0.3 is 0 Å². The molecule has 4 rings (SSSR count). The fraction of sp³-hybridized carbons (Fsp3) is 0.0714. The summed E-state index contributed by atoms with van der Waals surface area (Å²) in [6, 6.07) is 27.8. The molecule has 182 valence electrons. The number of anilines is 2. The first kappa shape index (κ1) is 25.8. The first-order chi connectivity index (χ1) is 17.4. The lowest BCUT2D eigenvalue weighted by Crippen LogP contribution is -2.19. The average molecular weight is 539 g/mol. The molecule has 4 nitrogen and oxygen atoms in total. The summed E-state index contributed by atoms with van der Waals surface area (Å²) < 4.78 is 13.5. The number of hydrogen-bond acceptors (Lipinski definition) is 3. The molecule has 0 bridgehead atoms. The van der Waals surface area contributed by atoms with Crippen molar-refractivity contribution >= 4 is 58.2 Å². The minimum Gasteiger partial charge on any atom is -0.326 e.